The Morgan fingerprint density at radius 1 is 1.17 bits per heavy atom. The fraction of sp³-hybridized carbons (Fsp3) is 0.435. The first-order chi connectivity index (χ1) is 13.8. The minimum atomic E-state index is -3.33. The van der Waals surface area contributed by atoms with Crippen LogP contribution in [0.25, 0.3) is 0 Å². The summed E-state index contributed by atoms with van der Waals surface area (Å²) in [4.78, 5) is 12.5. The van der Waals surface area contributed by atoms with Crippen molar-refractivity contribution in [1.29, 1.82) is 0 Å². The molecule has 1 aliphatic rings. The maximum atomic E-state index is 14.5. The highest BCUT2D eigenvalue weighted by atomic mass is 32.2. The summed E-state index contributed by atoms with van der Waals surface area (Å²) in [5.41, 5.74) is 3.48. The Hall–Kier alpha value is -2.41. The molecule has 162 valence electrons. The van der Waals surface area contributed by atoms with Crippen LogP contribution in [0.2, 0.25) is 0 Å². The van der Waals surface area contributed by atoms with Gasteiger partial charge in [0.15, 0.2) is 0 Å². The summed E-state index contributed by atoms with van der Waals surface area (Å²) in [6.45, 7) is 8.10. The highest BCUT2D eigenvalue weighted by Crippen LogP contribution is 2.48. The van der Waals surface area contributed by atoms with Gasteiger partial charge in [0.2, 0.25) is 15.9 Å². The number of rotatable bonds is 6. The van der Waals surface area contributed by atoms with Crippen molar-refractivity contribution in [3.8, 4) is 0 Å². The molecule has 7 heteroatoms. The normalized spacial score (nSPS) is 18.7. The average molecular weight is 433 g/mol. The van der Waals surface area contributed by atoms with E-state index in [1.165, 1.54) is 0 Å². The van der Waals surface area contributed by atoms with Crippen LogP contribution in [0.1, 0.15) is 55.4 Å². The third kappa shape index (κ3) is 5.39. The molecule has 2 N–H and O–H groups in total. The minimum Gasteiger partial charge on any atom is -0.352 e. The number of hydrogen-bond acceptors (Lipinski definition) is 3. The number of halogens is 1. The van der Waals surface area contributed by atoms with Crippen molar-refractivity contribution in [2.45, 2.75) is 52.0 Å². The zero-order valence-electron chi connectivity index (χ0n) is 18.0. The van der Waals surface area contributed by atoms with Gasteiger partial charge in [-0.1, -0.05) is 45.0 Å². The summed E-state index contributed by atoms with van der Waals surface area (Å²) in [6, 6.07) is 10.6. The van der Waals surface area contributed by atoms with Gasteiger partial charge in [-0.25, -0.2) is 12.8 Å². The number of hydrogen-bond donors (Lipinski definition) is 2. The first-order valence-corrected chi connectivity index (χ1v) is 11.9. The molecule has 0 radical (unpaired) electrons. The molecular formula is C23H29FN2O3S. The van der Waals surface area contributed by atoms with E-state index in [1.54, 1.807) is 18.2 Å². The van der Waals surface area contributed by atoms with Gasteiger partial charge in [-0.3, -0.25) is 9.52 Å². The Kier molecular flexibility index (Phi) is 5.96. The van der Waals surface area contributed by atoms with Crippen molar-refractivity contribution in [1.82, 2.24) is 5.32 Å². The second kappa shape index (κ2) is 8.02. The van der Waals surface area contributed by atoms with Crippen LogP contribution in [0.3, 0.4) is 0 Å². The first-order valence-electron chi connectivity index (χ1n) is 10.00. The van der Waals surface area contributed by atoms with Crippen LogP contribution in [0, 0.1) is 18.7 Å². The number of anilines is 1. The molecule has 2 unspecified atom stereocenters. The van der Waals surface area contributed by atoms with Crippen LogP contribution >= 0.6 is 0 Å². The van der Waals surface area contributed by atoms with Crippen molar-refractivity contribution < 1.29 is 17.6 Å². The molecule has 0 heterocycles. The molecule has 2 atom stereocenters. The van der Waals surface area contributed by atoms with Crippen molar-refractivity contribution in [3.63, 3.8) is 0 Å². The largest absolute Gasteiger partial charge is 0.352 e. The Labute approximate surface area is 178 Å². The summed E-state index contributed by atoms with van der Waals surface area (Å²) in [5, 5.41) is 2.93. The molecule has 3 rings (SSSR count). The van der Waals surface area contributed by atoms with E-state index in [-0.39, 0.29) is 29.0 Å². The molecule has 0 saturated heterocycles. The van der Waals surface area contributed by atoms with Crippen molar-refractivity contribution in [3.05, 3.63) is 64.5 Å². The second-order valence-electron chi connectivity index (χ2n) is 9.18. The van der Waals surface area contributed by atoms with E-state index in [0.29, 0.717) is 17.8 Å². The molecule has 5 nitrogen and oxygen atoms in total. The number of amides is 1. The molecule has 1 amide bonds. The first kappa shape index (κ1) is 22.3. The third-order valence-corrected chi connectivity index (χ3v) is 6.00. The standard InChI is InChI=1S/C23H29FN2O3S/c1-14-10-15(6-9-21(14)26-30(5,28)29)13-25-22(27)18-12-17(18)16-7-8-19(20(24)11-16)23(2,3)4/h6-11,17-18,26H,12-13H2,1-5H3,(H,25,27). The van der Waals surface area contributed by atoms with Gasteiger partial charge in [-0.15, -0.1) is 0 Å². The molecule has 2 aromatic carbocycles. The lowest BCUT2D eigenvalue weighted by Crippen LogP contribution is -2.25. The Balaban J connectivity index is 1.58. The number of benzene rings is 2. The number of carbonyl (C=O) groups is 1. The number of aryl methyl sites for hydroxylation is 1. The van der Waals surface area contributed by atoms with Crippen LogP contribution in [-0.2, 0) is 26.8 Å². The number of carbonyl (C=O) groups excluding carboxylic acids is 1. The number of sulfonamides is 1. The summed E-state index contributed by atoms with van der Waals surface area (Å²) in [6.07, 6.45) is 1.82. The minimum absolute atomic E-state index is 0.0451. The third-order valence-electron chi connectivity index (χ3n) is 5.41. The molecular weight excluding hydrogens is 403 g/mol. The van der Waals surface area contributed by atoms with E-state index in [2.05, 4.69) is 10.0 Å². The van der Waals surface area contributed by atoms with Crippen LogP contribution < -0.4 is 10.0 Å². The molecule has 0 bridgehead atoms. The lowest BCUT2D eigenvalue weighted by atomic mass is 9.86. The van der Waals surface area contributed by atoms with Gasteiger partial charge < -0.3 is 5.32 Å². The fourth-order valence-corrected chi connectivity index (χ4v) is 4.32. The van der Waals surface area contributed by atoms with E-state index in [4.69, 9.17) is 0 Å². The predicted octanol–water partition coefficient (Wildman–Crippen LogP) is 4.22. The Morgan fingerprint density at radius 3 is 2.43 bits per heavy atom. The van der Waals surface area contributed by atoms with E-state index < -0.39 is 10.0 Å². The molecule has 1 saturated carbocycles. The maximum Gasteiger partial charge on any atom is 0.229 e. The van der Waals surface area contributed by atoms with Crippen LogP contribution in [0.15, 0.2) is 36.4 Å². The topological polar surface area (TPSA) is 75.3 Å². The molecule has 0 spiro atoms. The lowest BCUT2D eigenvalue weighted by Gasteiger charge is -2.20. The van der Waals surface area contributed by atoms with Crippen LogP contribution in [0.5, 0.6) is 0 Å². The zero-order valence-corrected chi connectivity index (χ0v) is 18.9. The van der Waals surface area contributed by atoms with E-state index in [1.807, 2.05) is 45.9 Å². The molecule has 0 aliphatic heterocycles. The molecule has 2 aromatic rings. The lowest BCUT2D eigenvalue weighted by molar-refractivity contribution is -0.122. The summed E-state index contributed by atoms with van der Waals surface area (Å²) < 4.78 is 39.7. The fourth-order valence-electron chi connectivity index (χ4n) is 3.69. The SMILES string of the molecule is Cc1cc(CNC(=O)C2CC2c2ccc(C(C)(C)C)c(F)c2)ccc1NS(C)(=O)=O. The highest BCUT2D eigenvalue weighted by Gasteiger charge is 2.44. The van der Waals surface area contributed by atoms with Crippen molar-refractivity contribution in [2.24, 2.45) is 5.92 Å². The summed E-state index contributed by atoms with van der Waals surface area (Å²) in [5.74, 6) is -0.352. The van der Waals surface area contributed by atoms with Crippen molar-refractivity contribution in [2.75, 3.05) is 11.0 Å². The maximum absolute atomic E-state index is 14.5. The van der Waals surface area contributed by atoms with Gasteiger partial charge in [-0.05, 0) is 59.1 Å². The summed E-state index contributed by atoms with van der Waals surface area (Å²) >= 11 is 0. The van der Waals surface area contributed by atoms with Gasteiger partial charge in [0.05, 0.1) is 11.9 Å². The molecule has 1 fully saturated rings. The van der Waals surface area contributed by atoms with Gasteiger partial charge in [0.1, 0.15) is 5.82 Å². The Morgan fingerprint density at radius 2 is 1.87 bits per heavy atom. The monoisotopic (exact) mass is 432 g/mol. The molecule has 30 heavy (non-hydrogen) atoms. The van der Waals surface area contributed by atoms with Crippen LogP contribution in [-0.4, -0.2) is 20.6 Å². The summed E-state index contributed by atoms with van der Waals surface area (Å²) in [7, 11) is -3.33. The quantitative estimate of drug-likeness (QED) is 0.718. The highest BCUT2D eigenvalue weighted by molar-refractivity contribution is 7.92. The smallest absolute Gasteiger partial charge is 0.229 e. The van der Waals surface area contributed by atoms with Gasteiger partial charge in [0.25, 0.3) is 0 Å². The van der Waals surface area contributed by atoms with Gasteiger partial charge in [0, 0.05) is 12.5 Å². The second-order valence-corrected chi connectivity index (χ2v) is 10.9. The van der Waals surface area contributed by atoms with Crippen molar-refractivity contribution >= 4 is 21.6 Å². The Bertz CT molecular complexity index is 1070. The van der Waals surface area contributed by atoms with E-state index in [9.17, 15) is 17.6 Å². The van der Waals surface area contributed by atoms with Gasteiger partial charge >= 0.3 is 0 Å². The van der Waals surface area contributed by atoms with Crippen LogP contribution in [0.4, 0.5) is 10.1 Å². The average Bonchev–Trinajstić information content (AvgIpc) is 3.40. The van der Waals surface area contributed by atoms with E-state index >= 15 is 0 Å². The number of nitrogens with one attached hydrogen (secondary N) is 2. The zero-order chi connectivity index (χ0) is 22.3. The van der Waals surface area contributed by atoms with E-state index in [0.717, 1.165) is 29.4 Å². The van der Waals surface area contributed by atoms with Gasteiger partial charge in [-0.2, -0.15) is 0 Å². The molecule has 0 aromatic heterocycles. The molecule has 1 aliphatic carbocycles. The predicted molar refractivity (Wildman–Crippen MR) is 117 cm³/mol.